The summed E-state index contributed by atoms with van der Waals surface area (Å²) in [5, 5.41) is 4.08. The van der Waals surface area contributed by atoms with Crippen molar-refractivity contribution in [2.75, 3.05) is 11.6 Å². The number of H-pyrrole nitrogens is 1. The van der Waals surface area contributed by atoms with Crippen LogP contribution in [0.2, 0.25) is 0 Å². The van der Waals surface area contributed by atoms with E-state index >= 15 is 0 Å². The standard InChI is InChI=1S/C20H19FN6O2/c1-12-20(29)27(14-5-3-2-4-6-14)26-18(23-12)19(28)22-10-9-17-24-15-8-7-13(21)11-16(15)25-17/h2-8,11-12H,9-10H2,1H3,(H,22,28)(H,23,26)(H,24,25). The normalized spacial score (nSPS) is 16.5. The highest BCUT2D eigenvalue weighted by molar-refractivity contribution is 6.39. The Balaban J connectivity index is 1.39. The molecule has 2 aromatic carbocycles. The summed E-state index contributed by atoms with van der Waals surface area (Å²) >= 11 is 0. The number of anilines is 1. The lowest BCUT2D eigenvalue weighted by Gasteiger charge is -2.30. The molecule has 29 heavy (non-hydrogen) atoms. The summed E-state index contributed by atoms with van der Waals surface area (Å²) in [6.07, 6.45) is 0.437. The van der Waals surface area contributed by atoms with Crippen molar-refractivity contribution >= 4 is 34.4 Å². The number of aromatic nitrogens is 2. The highest BCUT2D eigenvalue weighted by Gasteiger charge is 2.30. The maximum absolute atomic E-state index is 13.3. The topological polar surface area (TPSA) is 102 Å². The quantitative estimate of drug-likeness (QED) is 0.613. The molecule has 0 fully saturated rings. The average molecular weight is 394 g/mol. The summed E-state index contributed by atoms with van der Waals surface area (Å²) < 4.78 is 13.3. The Bertz CT molecular complexity index is 1090. The molecule has 3 N–H and O–H groups in total. The number of halogens is 1. The van der Waals surface area contributed by atoms with Gasteiger partial charge in [0.1, 0.15) is 17.7 Å². The molecular formula is C20H19FN6O2. The van der Waals surface area contributed by atoms with Crippen LogP contribution in [0.25, 0.3) is 11.0 Å². The van der Waals surface area contributed by atoms with Crippen molar-refractivity contribution in [2.45, 2.75) is 19.4 Å². The molecular weight excluding hydrogens is 375 g/mol. The number of carbonyl (C=O) groups excluding carboxylic acids is 2. The van der Waals surface area contributed by atoms with E-state index < -0.39 is 11.9 Å². The molecule has 0 radical (unpaired) electrons. The van der Waals surface area contributed by atoms with Gasteiger partial charge < -0.3 is 10.3 Å². The van der Waals surface area contributed by atoms with Crippen molar-refractivity contribution in [3.63, 3.8) is 0 Å². The van der Waals surface area contributed by atoms with Crippen molar-refractivity contribution in [3.8, 4) is 0 Å². The third-order valence-corrected chi connectivity index (χ3v) is 4.49. The van der Waals surface area contributed by atoms with Crippen LogP contribution in [-0.2, 0) is 16.0 Å². The molecule has 0 bridgehead atoms. The second kappa shape index (κ2) is 7.70. The van der Waals surface area contributed by atoms with Gasteiger partial charge in [0.25, 0.3) is 11.8 Å². The molecule has 2 heterocycles. The maximum atomic E-state index is 13.3. The van der Waals surface area contributed by atoms with Gasteiger partial charge in [0.15, 0.2) is 0 Å². The first-order chi connectivity index (χ1) is 14.0. The van der Waals surface area contributed by atoms with Gasteiger partial charge in [0.2, 0.25) is 5.84 Å². The molecule has 0 saturated heterocycles. The first-order valence-corrected chi connectivity index (χ1v) is 9.17. The zero-order valence-corrected chi connectivity index (χ0v) is 15.6. The van der Waals surface area contributed by atoms with Crippen LogP contribution in [0.3, 0.4) is 0 Å². The van der Waals surface area contributed by atoms with Gasteiger partial charge in [-0.1, -0.05) is 18.2 Å². The van der Waals surface area contributed by atoms with Gasteiger partial charge in [-0.2, -0.15) is 0 Å². The molecule has 1 aliphatic rings. The minimum Gasteiger partial charge on any atom is -0.349 e. The van der Waals surface area contributed by atoms with Crippen molar-refractivity contribution in [1.29, 1.82) is 0 Å². The third kappa shape index (κ3) is 3.93. The SMILES string of the molecule is CC1N=C(C(=O)NCCc2nc3ccc(F)cc3[nH]2)NN(c2ccccc2)C1=O. The number of nitrogens with one attached hydrogen (secondary N) is 3. The summed E-state index contributed by atoms with van der Waals surface area (Å²) in [6, 6.07) is 12.6. The van der Waals surface area contributed by atoms with Crippen LogP contribution in [0.1, 0.15) is 12.7 Å². The molecule has 0 aliphatic carbocycles. The lowest BCUT2D eigenvalue weighted by Crippen LogP contribution is -2.58. The number of aliphatic imine (C=N–C) groups is 1. The van der Waals surface area contributed by atoms with Gasteiger partial charge in [-0.15, -0.1) is 0 Å². The Kier molecular flexibility index (Phi) is 4.94. The number of rotatable bonds is 5. The van der Waals surface area contributed by atoms with Gasteiger partial charge in [-0.25, -0.2) is 19.4 Å². The highest BCUT2D eigenvalue weighted by atomic mass is 19.1. The molecule has 4 rings (SSSR count). The molecule has 1 aromatic heterocycles. The monoisotopic (exact) mass is 394 g/mol. The van der Waals surface area contributed by atoms with Crippen LogP contribution in [-0.4, -0.2) is 40.2 Å². The number of aromatic amines is 1. The lowest BCUT2D eigenvalue weighted by molar-refractivity contribution is -0.120. The number of para-hydroxylation sites is 1. The smallest absolute Gasteiger partial charge is 0.288 e. The predicted molar refractivity (Wildman–Crippen MR) is 107 cm³/mol. The number of imidazole rings is 1. The summed E-state index contributed by atoms with van der Waals surface area (Å²) in [7, 11) is 0. The summed E-state index contributed by atoms with van der Waals surface area (Å²) in [5.41, 5.74) is 4.68. The second-order valence-corrected chi connectivity index (χ2v) is 6.63. The van der Waals surface area contributed by atoms with E-state index in [-0.39, 0.29) is 17.6 Å². The van der Waals surface area contributed by atoms with Gasteiger partial charge in [-0.05, 0) is 37.3 Å². The molecule has 9 heteroatoms. The molecule has 1 unspecified atom stereocenters. The van der Waals surface area contributed by atoms with Gasteiger partial charge in [0.05, 0.1) is 16.7 Å². The van der Waals surface area contributed by atoms with Crippen LogP contribution >= 0.6 is 0 Å². The number of fused-ring (bicyclic) bond motifs is 1. The van der Waals surface area contributed by atoms with Gasteiger partial charge in [-0.3, -0.25) is 15.0 Å². The maximum Gasteiger partial charge on any atom is 0.288 e. The van der Waals surface area contributed by atoms with Crippen molar-refractivity contribution < 1.29 is 14.0 Å². The summed E-state index contributed by atoms with van der Waals surface area (Å²) in [6.45, 7) is 1.94. The number of carbonyl (C=O) groups is 2. The number of amidine groups is 1. The molecule has 1 aliphatic heterocycles. The number of benzene rings is 2. The molecule has 2 amide bonds. The van der Waals surface area contributed by atoms with E-state index in [1.807, 2.05) is 6.07 Å². The van der Waals surface area contributed by atoms with E-state index in [2.05, 4.69) is 25.7 Å². The molecule has 148 valence electrons. The molecule has 0 saturated carbocycles. The van der Waals surface area contributed by atoms with Crippen molar-refractivity contribution in [1.82, 2.24) is 20.7 Å². The Morgan fingerprint density at radius 2 is 2.03 bits per heavy atom. The van der Waals surface area contributed by atoms with Crippen LogP contribution in [0, 0.1) is 5.82 Å². The van der Waals surface area contributed by atoms with Crippen LogP contribution in [0.5, 0.6) is 0 Å². The molecule has 8 nitrogen and oxygen atoms in total. The first kappa shape index (κ1) is 18.6. The fourth-order valence-corrected chi connectivity index (χ4v) is 3.04. The highest BCUT2D eigenvalue weighted by Crippen LogP contribution is 2.16. The Morgan fingerprint density at radius 3 is 2.83 bits per heavy atom. The van der Waals surface area contributed by atoms with Gasteiger partial charge >= 0.3 is 0 Å². The summed E-state index contributed by atoms with van der Waals surface area (Å²) in [5.74, 6) is -0.310. The molecule has 1 atom stereocenters. The molecule has 0 spiro atoms. The van der Waals surface area contributed by atoms with E-state index in [0.717, 1.165) is 0 Å². The largest absolute Gasteiger partial charge is 0.349 e. The van der Waals surface area contributed by atoms with Crippen LogP contribution in [0.15, 0.2) is 53.5 Å². The first-order valence-electron chi connectivity index (χ1n) is 9.17. The number of hydrogen-bond donors (Lipinski definition) is 3. The number of nitrogens with zero attached hydrogens (tertiary/aromatic N) is 3. The minimum absolute atomic E-state index is 0.0626. The summed E-state index contributed by atoms with van der Waals surface area (Å²) in [4.78, 5) is 36.4. The van der Waals surface area contributed by atoms with Crippen molar-refractivity contribution in [2.24, 2.45) is 4.99 Å². The van der Waals surface area contributed by atoms with E-state index in [1.54, 1.807) is 37.3 Å². The van der Waals surface area contributed by atoms with Gasteiger partial charge in [0, 0.05) is 13.0 Å². The zero-order valence-electron chi connectivity index (χ0n) is 15.6. The Labute approximate surface area is 165 Å². The van der Waals surface area contributed by atoms with E-state index in [1.165, 1.54) is 17.1 Å². The Hall–Kier alpha value is -3.75. The molecule has 3 aromatic rings. The van der Waals surface area contributed by atoms with Crippen molar-refractivity contribution in [3.05, 3.63) is 60.2 Å². The predicted octanol–water partition coefficient (Wildman–Crippen LogP) is 1.70. The average Bonchev–Trinajstić information content (AvgIpc) is 3.12. The Morgan fingerprint density at radius 1 is 1.24 bits per heavy atom. The third-order valence-electron chi connectivity index (χ3n) is 4.49. The minimum atomic E-state index is -0.678. The number of hydrazine groups is 1. The lowest BCUT2D eigenvalue weighted by atomic mass is 10.2. The second-order valence-electron chi connectivity index (χ2n) is 6.63. The van der Waals surface area contributed by atoms with E-state index in [4.69, 9.17) is 0 Å². The fourth-order valence-electron chi connectivity index (χ4n) is 3.04. The zero-order chi connectivity index (χ0) is 20.4. The number of amides is 2. The van der Waals surface area contributed by atoms with Crippen LogP contribution in [0.4, 0.5) is 10.1 Å². The number of hydrogen-bond acceptors (Lipinski definition) is 5. The fraction of sp³-hybridized carbons (Fsp3) is 0.200. The van der Waals surface area contributed by atoms with E-state index in [0.29, 0.717) is 35.5 Å². The van der Waals surface area contributed by atoms with E-state index in [9.17, 15) is 14.0 Å². The van der Waals surface area contributed by atoms with Crippen LogP contribution < -0.4 is 15.8 Å².